The highest BCUT2D eigenvalue weighted by Crippen LogP contribution is 1.99. The Morgan fingerprint density at radius 1 is 1.45 bits per heavy atom. The largest absolute Gasteiger partial charge is 0.352 e. The van der Waals surface area contributed by atoms with E-state index in [1.54, 1.807) is 24.4 Å². The van der Waals surface area contributed by atoms with E-state index in [0.717, 1.165) is 0 Å². The summed E-state index contributed by atoms with van der Waals surface area (Å²) in [6.45, 7) is 0. The minimum absolute atomic E-state index is 0. The predicted molar refractivity (Wildman–Crippen MR) is 41.6 cm³/mol. The number of hydrogen-bond donors (Lipinski definition) is 1. The SMILES string of the molecule is Clc1ccc[nH]1.N#CCC#N. The molecule has 3 nitrogen and oxygen atoms in total. The summed E-state index contributed by atoms with van der Waals surface area (Å²) in [6, 6.07) is 6.96. The van der Waals surface area contributed by atoms with Gasteiger partial charge in [-0.3, -0.25) is 0 Å². The first kappa shape index (κ1) is 9.55. The van der Waals surface area contributed by atoms with Crippen LogP contribution in [0.1, 0.15) is 6.42 Å². The molecule has 0 fully saturated rings. The van der Waals surface area contributed by atoms with Crippen molar-refractivity contribution in [3.05, 3.63) is 23.5 Å². The lowest BCUT2D eigenvalue weighted by molar-refractivity contribution is 1.33. The molecule has 0 amide bonds. The molecule has 0 unspecified atom stereocenters. The third-order valence-corrected chi connectivity index (χ3v) is 0.953. The quantitative estimate of drug-likeness (QED) is 0.643. The van der Waals surface area contributed by atoms with Crippen molar-refractivity contribution in [2.24, 2.45) is 0 Å². The van der Waals surface area contributed by atoms with Crippen LogP contribution in [0.25, 0.3) is 0 Å². The maximum absolute atomic E-state index is 7.59. The molecular weight excluding hydrogens is 162 g/mol. The molecule has 1 aromatic rings. The maximum atomic E-state index is 7.59. The van der Waals surface area contributed by atoms with Crippen LogP contribution in [0, 0.1) is 22.7 Å². The van der Waals surface area contributed by atoms with Crippen LogP contribution in [0.2, 0.25) is 5.15 Å². The molecule has 11 heavy (non-hydrogen) atoms. The van der Waals surface area contributed by atoms with E-state index in [2.05, 4.69) is 4.98 Å². The second-order valence-corrected chi connectivity index (χ2v) is 1.92. The average Bonchev–Trinajstić information content (AvgIpc) is 2.43. The molecule has 1 heterocycles. The van der Waals surface area contributed by atoms with Gasteiger partial charge in [-0.15, -0.1) is 0 Å². The highest BCUT2D eigenvalue weighted by Gasteiger charge is 1.75. The normalized spacial score (nSPS) is 6.82. The van der Waals surface area contributed by atoms with Crippen LogP contribution in [0.15, 0.2) is 18.3 Å². The van der Waals surface area contributed by atoms with Crippen LogP contribution in [0.4, 0.5) is 0 Å². The summed E-state index contributed by atoms with van der Waals surface area (Å²) >= 11 is 5.40. The fourth-order valence-corrected chi connectivity index (χ4v) is 0.480. The van der Waals surface area contributed by atoms with Crippen molar-refractivity contribution >= 4 is 11.6 Å². The molecule has 0 saturated carbocycles. The Hall–Kier alpha value is -1.45. The van der Waals surface area contributed by atoms with Crippen molar-refractivity contribution in [3.8, 4) is 12.1 Å². The fraction of sp³-hybridized carbons (Fsp3) is 0.143. The minimum atomic E-state index is 0. The van der Waals surface area contributed by atoms with E-state index in [9.17, 15) is 0 Å². The summed E-state index contributed by atoms with van der Waals surface area (Å²) in [6.07, 6.45) is 1.78. The molecule has 56 valence electrons. The van der Waals surface area contributed by atoms with Crippen molar-refractivity contribution in [2.75, 3.05) is 0 Å². The molecule has 0 aliphatic carbocycles. The predicted octanol–water partition coefficient (Wildman–Crippen LogP) is 2.09. The molecule has 1 rings (SSSR count). The van der Waals surface area contributed by atoms with Crippen LogP contribution in [-0.2, 0) is 0 Å². The molecule has 0 spiro atoms. The zero-order chi connectivity index (χ0) is 8.53. The molecule has 4 heteroatoms. The van der Waals surface area contributed by atoms with Gasteiger partial charge >= 0.3 is 0 Å². The van der Waals surface area contributed by atoms with Gasteiger partial charge in [-0.2, -0.15) is 10.5 Å². The number of aromatic nitrogens is 1. The average molecular weight is 168 g/mol. The molecule has 0 radical (unpaired) electrons. The summed E-state index contributed by atoms with van der Waals surface area (Å²) in [4.78, 5) is 2.77. The number of rotatable bonds is 0. The second kappa shape index (κ2) is 6.67. The van der Waals surface area contributed by atoms with Crippen molar-refractivity contribution in [3.63, 3.8) is 0 Å². The van der Waals surface area contributed by atoms with Gasteiger partial charge in [-0.05, 0) is 12.1 Å². The summed E-state index contributed by atoms with van der Waals surface area (Å²) in [5, 5.41) is 15.9. The molecule has 0 aliphatic rings. The number of nitriles is 2. The van der Waals surface area contributed by atoms with Gasteiger partial charge in [0.1, 0.15) is 11.6 Å². The number of H-pyrrole nitrogens is 1. The molecule has 0 aliphatic heterocycles. The Morgan fingerprint density at radius 3 is 2.18 bits per heavy atom. The van der Waals surface area contributed by atoms with E-state index in [0.29, 0.717) is 5.15 Å². The summed E-state index contributed by atoms with van der Waals surface area (Å²) in [7, 11) is 0. The Morgan fingerprint density at radius 2 is 2.09 bits per heavy atom. The lowest BCUT2D eigenvalue weighted by atomic mass is 10.5. The number of halogens is 1. The minimum Gasteiger partial charge on any atom is -0.352 e. The van der Waals surface area contributed by atoms with Gasteiger partial charge < -0.3 is 4.98 Å². The summed E-state index contributed by atoms with van der Waals surface area (Å²) in [5.41, 5.74) is 0. The second-order valence-electron chi connectivity index (χ2n) is 1.51. The van der Waals surface area contributed by atoms with Crippen molar-refractivity contribution in [2.45, 2.75) is 6.42 Å². The van der Waals surface area contributed by atoms with Gasteiger partial charge in [0.05, 0.1) is 12.1 Å². The lowest BCUT2D eigenvalue weighted by Gasteiger charge is -1.66. The molecule has 0 aromatic carbocycles. The standard InChI is InChI=1S/C4H4ClN.C3H2N2/c5-4-2-1-3-6-4;4-2-1-3-5/h1-3,6H;1H2. The first-order valence-corrected chi connectivity index (χ1v) is 3.22. The molecule has 1 N–H and O–H groups in total. The molecule has 0 saturated heterocycles. The summed E-state index contributed by atoms with van der Waals surface area (Å²) < 4.78 is 0. The third kappa shape index (κ3) is 6.44. The topological polar surface area (TPSA) is 63.4 Å². The summed E-state index contributed by atoms with van der Waals surface area (Å²) in [5.74, 6) is 0. The molecular formula is C7H6ClN3. The van der Waals surface area contributed by atoms with Gasteiger partial charge in [-0.25, -0.2) is 0 Å². The van der Waals surface area contributed by atoms with Gasteiger partial charge in [-0.1, -0.05) is 11.6 Å². The van der Waals surface area contributed by atoms with Gasteiger partial charge in [0, 0.05) is 6.20 Å². The number of nitrogens with zero attached hydrogens (tertiary/aromatic N) is 2. The Labute approximate surface area is 69.8 Å². The Bertz CT molecular complexity index is 240. The third-order valence-electron chi connectivity index (χ3n) is 0.718. The van der Waals surface area contributed by atoms with Gasteiger partial charge in [0.25, 0.3) is 0 Å². The fourth-order valence-electron chi connectivity index (χ4n) is 0.344. The van der Waals surface area contributed by atoms with E-state index in [1.165, 1.54) is 0 Å². The van der Waals surface area contributed by atoms with Crippen LogP contribution in [0.3, 0.4) is 0 Å². The van der Waals surface area contributed by atoms with Crippen molar-refractivity contribution < 1.29 is 0 Å². The van der Waals surface area contributed by atoms with Crippen molar-refractivity contribution in [1.29, 1.82) is 10.5 Å². The zero-order valence-corrected chi connectivity index (χ0v) is 6.47. The smallest absolute Gasteiger partial charge is 0.122 e. The monoisotopic (exact) mass is 167 g/mol. The van der Waals surface area contributed by atoms with E-state index < -0.39 is 0 Å². The van der Waals surface area contributed by atoms with Crippen LogP contribution >= 0.6 is 11.6 Å². The molecule has 1 aromatic heterocycles. The van der Waals surface area contributed by atoms with Gasteiger partial charge in [0.15, 0.2) is 0 Å². The van der Waals surface area contributed by atoms with Crippen LogP contribution in [0.5, 0.6) is 0 Å². The number of nitrogens with one attached hydrogen (secondary N) is 1. The zero-order valence-electron chi connectivity index (χ0n) is 5.71. The Balaban J connectivity index is 0.000000187. The number of aromatic amines is 1. The van der Waals surface area contributed by atoms with E-state index in [1.807, 2.05) is 6.07 Å². The molecule has 0 bridgehead atoms. The Kier molecular flexibility index (Phi) is 5.79. The first-order chi connectivity index (χ1) is 5.31. The highest BCUT2D eigenvalue weighted by molar-refractivity contribution is 6.29. The van der Waals surface area contributed by atoms with E-state index in [-0.39, 0.29) is 6.42 Å². The van der Waals surface area contributed by atoms with Crippen molar-refractivity contribution in [1.82, 2.24) is 4.98 Å². The first-order valence-electron chi connectivity index (χ1n) is 2.84. The molecule has 0 atom stereocenters. The number of hydrogen-bond acceptors (Lipinski definition) is 2. The van der Waals surface area contributed by atoms with Crippen LogP contribution in [-0.4, -0.2) is 4.98 Å². The highest BCUT2D eigenvalue weighted by atomic mass is 35.5. The maximum Gasteiger partial charge on any atom is 0.122 e. The van der Waals surface area contributed by atoms with E-state index >= 15 is 0 Å². The lowest BCUT2D eigenvalue weighted by Crippen LogP contribution is -1.49. The van der Waals surface area contributed by atoms with E-state index in [4.69, 9.17) is 22.1 Å². The van der Waals surface area contributed by atoms with Crippen LogP contribution < -0.4 is 0 Å². The van der Waals surface area contributed by atoms with Gasteiger partial charge in [0.2, 0.25) is 0 Å².